The van der Waals surface area contributed by atoms with Gasteiger partial charge in [-0.25, -0.2) is 4.79 Å². The van der Waals surface area contributed by atoms with Gasteiger partial charge in [0.05, 0.1) is 5.92 Å². The topological polar surface area (TPSA) is 78.9 Å². The summed E-state index contributed by atoms with van der Waals surface area (Å²) in [4.78, 5) is 24.7. The molecule has 0 aliphatic carbocycles. The number of alkyl halides is 3. The number of carboxylic acid groups (broad SMARTS) is 1. The third-order valence-corrected chi connectivity index (χ3v) is 4.10. The van der Waals surface area contributed by atoms with Crippen LogP contribution < -0.4 is 10.1 Å². The van der Waals surface area contributed by atoms with Crippen LogP contribution >= 0.6 is 0 Å². The molecule has 0 radical (unpaired) electrons. The van der Waals surface area contributed by atoms with Crippen LogP contribution in [0, 0.1) is 12.8 Å². The van der Waals surface area contributed by atoms with E-state index in [9.17, 15) is 22.8 Å². The monoisotopic (exact) mass is 374 g/mol. The highest BCUT2D eigenvalue weighted by Gasteiger charge is 2.29. The van der Waals surface area contributed by atoms with Gasteiger partial charge in [0.25, 0.3) is 0 Å². The number of carbonyl (C=O) groups excluding carboxylic acids is 1. The number of carbonyl (C=O) groups is 2. The fraction of sp³-hybridized carbons (Fsp3) is 0.529. The van der Waals surface area contributed by atoms with E-state index in [0.717, 1.165) is 5.56 Å². The first-order valence-electron chi connectivity index (χ1n) is 8.20. The quantitative estimate of drug-likeness (QED) is 0.831. The lowest BCUT2D eigenvalue weighted by Crippen LogP contribution is -2.46. The number of likely N-dealkylation sites (tertiary alicyclic amines) is 1. The summed E-state index contributed by atoms with van der Waals surface area (Å²) in [7, 11) is 0. The fourth-order valence-electron chi connectivity index (χ4n) is 2.75. The second kappa shape index (κ2) is 8.29. The number of ether oxygens (including phenoxy) is 1. The normalized spacial score (nSPS) is 17.7. The molecular weight excluding hydrogens is 353 g/mol. The summed E-state index contributed by atoms with van der Waals surface area (Å²) in [6.45, 7) is 0.861. The number of piperidine rings is 1. The predicted molar refractivity (Wildman–Crippen MR) is 86.9 cm³/mol. The highest BCUT2D eigenvalue weighted by atomic mass is 19.4. The summed E-state index contributed by atoms with van der Waals surface area (Å²) in [5.41, 5.74) is 1.15. The molecule has 0 saturated carbocycles. The molecule has 1 unspecified atom stereocenters. The van der Waals surface area contributed by atoms with E-state index in [4.69, 9.17) is 9.84 Å². The summed E-state index contributed by atoms with van der Waals surface area (Å²) in [5, 5.41) is 11.7. The van der Waals surface area contributed by atoms with Crippen LogP contribution in [-0.4, -0.2) is 47.9 Å². The largest absolute Gasteiger partial charge is 0.484 e. The predicted octanol–water partition coefficient (Wildman–Crippen LogP) is 2.94. The van der Waals surface area contributed by atoms with Crippen molar-refractivity contribution in [1.29, 1.82) is 0 Å². The maximum atomic E-state index is 12.4. The lowest BCUT2D eigenvalue weighted by molar-refractivity contribution is -0.153. The summed E-state index contributed by atoms with van der Waals surface area (Å²) in [6.07, 6.45) is -3.34. The minimum absolute atomic E-state index is 0.0134. The van der Waals surface area contributed by atoms with Crippen molar-refractivity contribution in [2.75, 3.05) is 19.7 Å². The Balaban J connectivity index is 1.97. The fourth-order valence-corrected chi connectivity index (χ4v) is 2.75. The Labute approximate surface area is 148 Å². The van der Waals surface area contributed by atoms with Crippen molar-refractivity contribution in [1.82, 2.24) is 10.2 Å². The molecule has 2 amide bonds. The van der Waals surface area contributed by atoms with Crippen LogP contribution in [0.25, 0.3) is 0 Å². The summed E-state index contributed by atoms with van der Waals surface area (Å²) < 4.78 is 42.0. The number of amides is 2. The van der Waals surface area contributed by atoms with Gasteiger partial charge in [-0.1, -0.05) is 12.1 Å². The number of rotatable bonds is 5. The molecule has 1 saturated heterocycles. The molecule has 0 spiro atoms. The van der Waals surface area contributed by atoms with Crippen molar-refractivity contribution in [3.63, 3.8) is 0 Å². The van der Waals surface area contributed by atoms with Gasteiger partial charge in [-0.3, -0.25) is 4.79 Å². The molecule has 1 heterocycles. The number of benzene rings is 1. The third kappa shape index (κ3) is 5.82. The molecule has 144 valence electrons. The zero-order valence-corrected chi connectivity index (χ0v) is 14.3. The molecule has 1 fully saturated rings. The van der Waals surface area contributed by atoms with E-state index in [-0.39, 0.29) is 18.8 Å². The van der Waals surface area contributed by atoms with Gasteiger partial charge in [-0.15, -0.1) is 0 Å². The lowest BCUT2D eigenvalue weighted by Gasteiger charge is -2.30. The van der Waals surface area contributed by atoms with Crippen molar-refractivity contribution < 1.29 is 32.6 Å². The number of carboxylic acids is 1. The molecule has 6 nitrogen and oxygen atoms in total. The molecule has 1 aromatic carbocycles. The standard InChI is InChI=1S/C17H21F3N2O4/c1-11-4-5-12(14(7-11)26-10-17(18,19)20)8-21-16(25)22-6-2-3-13(9-22)15(23)24/h4-5,7,13H,2-3,6,8-10H2,1H3,(H,21,25)(H,23,24). The Morgan fingerprint density at radius 3 is 2.77 bits per heavy atom. The van der Waals surface area contributed by atoms with Crippen LogP contribution in [0.5, 0.6) is 5.75 Å². The van der Waals surface area contributed by atoms with Crippen LogP contribution in [-0.2, 0) is 11.3 Å². The molecule has 0 bridgehead atoms. The van der Waals surface area contributed by atoms with Crippen LogP contribution in [0.4, 0.5) is 18.0 Å². The van der Waals surface area contributed by atoms with Gasteiger partial charge in [0.15, 0.2) is 6.61 Å². The molecule has 0 aromatic heterocycles. The SMILES string of the molecule is Cc1ccc(CNC(=O)N2CCCC(C(=O)O)C2)c(OCC(F)(F)F)c1. The van der Waals surface area contributed by atoms with Crippen molar-refractivity contribution in [3.05, 3.63) is 29.3 Å². The van der Waals surface area contributed by atoms with Crippen LogP contribution in [0.2, 0.25) is 0 Å². The minimum atomic E-state index is -4.45. The van der Waals surface area contributed by atoms with Gasteiger partial charge in [0, 0.05) is 25.2 Å². The molecule has 1 aliphatic heterocycles. The number of halogens is 3. The zero-order valence-electron chi connectivity index (χ0n) is 14.3. The van der Waals surface area contributed by atoms with Crippen LogP contribution in [0.15, 0.2) is 18.2 Å². The third-order valence-electron chi connectivity index (χ3n) is 4.10. The van der Waals surface area contributed by atoms with Crippen molar-refractivity contribution in [2.24, 2.45) is 5.92 Å². The molecule has 1 aromatic rings. The smallest absolute Gasteiger partial charge is 0.422 e. The maximum absolute atomic E-state index is 12.4. The number of urea groups is 1. The number of nitrogens with zero attached hydrogens (tertiary/aromatic N) is 1. The number of aliphatic carboxylic acids is 1. The molecule has 26 heavy (non-hydrogen) atoms. The number of aryl methyl sites for hydroxylation is 1. The maximum Gasteiger partial charge on any atom is 0.422 e. The molecule has 1 atom stereocenters. The average molecular weight is 374 g/mol. The Hall–Kier alpha value is -2.45. The van der Waals surface area contributed by atoms with Gasteiger partial charge >= 0.3 is 18.2 Å². The molecular formula is C17H21F3N2O4. The summed E-state index contributed by atoms with van der Waals surface area (Å²) >= 11 is 0. The van der Waals surface area contributed by atoms with E-state index in [0.29, 0.717) is 24.9 Å². The molecule has 9 heteroatoms. The Kier molecular flexibility index (Phi) is 6.33. The van der Waals surface area contributed by atoms with Crippen LogP contribution in [0.1, 0.15) is 24.0 Å². The number of nitrogens with one attached hydrogen (secondary N) is 1. The van der Waals surface area contributed by atoms with Gasteiger partial charge in [0.1, 0.15) is 5.75 Å². The van der Waals surface area contributed by atoms with E-state index in [2.05, 4.69) is 5.32 Å². The summed E-state index contributed by atoms with van der Waals surface area (Å²) in [5.74, 6) is -1.48. The first-order valence-corrected chi connectivity index (χ1v) is 8.20. The first kappa shape index (κ1) is 19.9. The highest BCUT2D eigenvalue weighted by molar-refractivity contribution is 5.76. The number of hydrogen-bond donors (Lipinski definition) is 2. The van der Waals surface area contributed by atoms with Crippen LogP contribution in [0.3, 0.4) is 0 Å². The van der Waals surface area contributed by atoms with Gasteiger partial charge < -0.3 is 20.1 Å². The Bertz CT molecular complexity index is 664. The van der Waals surface area contributed by atoms with Gasteiger partial charge in [-0.05, 0) is 31.4 Å². The second-order valence-electron chi connectivity index (χ2n) is 6.30. The van der Waals surface area contributed by atoms with E-state index < -0.39 is 30.7 Å². The molecule has 2 N–H and O–H groups in total. The molecule has 1 aliphatic rings. The minimum Gasteiger partial charge on any atom is -0.484 e. The van der Waals surface area contributed by atoms with E-state index >= 15 is 0 Å². The Morgan fingerprint density at radius 1 is 1.38 bits per heavy atom. The van der Waals surface area contributed by atoms with Gasteiger partial charge in [-0.2, -0.15) is 13.2 Å². The van der Waals surface area contributed by atoms with Crippen molar-refractivity contribution in [2.45, 2.75) is 32.5 Å². The molecule has 2 rings (SSSR count). The average Bonchev–Trinajstić information content (AvgIpc) is 2.58. The highest BCUT2D eigenvalue weighted by Crippen LogP contribution is 2.24. The second-order valence-corrected chi connectivity index (χ2v) is 6.30. The lowest BCUT2D eigenvalue weighted by atomic mass is 9.99. The zero-order chi connectivity index (χ0) is 19.3. The van der Waals surface area contributed by atoms with Gasteiger partial charge in [0.2, 0.25) is 0 Å². The van der Waals surface area contributed by atoms with Crippen molar-refractivity contribution >= 4 is 12.0 Å². The van der Waals surface area contributed by atoms with E-state index in [1.807, 2.05) is 0 Å². The Morgan fingerprint density at radius 2 is 2.12 bits per heavy atom. The first-order chi connectivity index (χ1) is 12.2. The summed E-state index contributed by atoms with van der Waals surface area (Å²) in [6, 6.07) is 4.34. The van der Waals surface area contributed by atoms with E-state index in [1.165, 1.54) is 11.0 Å². The number of hydrogen-bond acceptors (Lipinski definition) is 3. The van der Waals surface area contributed by atoms with Crippen molar-refractivity contribution in [3.8, 4) is 5.75 Å². The van der Waals surface area contributed by atoms with E-state index in [1.54, 1.807) is 19.1 Å².